The monoisotopic (exact) mass is 266 g/mol. The number of rotatable bonds is 4. The highest BCUT2D eigenvalue weighted by molar-refractivity contribution is 7.99. The van der Waals surface area contributed by atoms with Gasteiger partial charge in [0.1, 0.15) is 11.3 Å². The van der Waals surface area contributed by atoms with Crippen LogP contribution in [0.5, 0.6) is 0 Å². The summed E-state index contributed by atoms with van der Waals surface area (Å²) < 4.78 is 10.5. The normalized spacial score (nSPS) is 11.1. The van der Waals surface area contributed by atoms with Gasteiger partial charge in [0.25, 0.3) is 5.22 Å². The molecule has 0 aliphatic heterocycles. The van der Waals surface area contributed by atoms with Crippen LogP contribution in [0.25, 0.3) is 11.1 Å². The predicted octanol–water partition coefficient (Wildman–Crippen LogP) is 2.45. The molecule has 0 atom stereocenters. The van der Waals surface area contributed by atoms with Crippen LogP contribution in [0.15, 0.2) is 27.8 Å². The van der Waals surface area contributed by atoms with Crippen molar-refractivity contribution < 1.29 is 13.9 Å². The zero-order valence-electron chi connectivity index (χ0n) is 10.2. The Morgan fingerprint density at radius 3 is 3.06 bits per heavy atom. The number of aromatic nitrogens is 1. The summed E-state index contributed by atoms with van der Waals surface area (Å²) in [5.74, 6) is -0.0997. The highest BCUT2D eigenvalue weighted by Crippen LogP contribution is 2.24. The number of benzene rings is 1. The molecule has 0 unspecified atom stereocenters. The number of nitrogen functional groups attached to an aromatic ring is 1. The van der Waals surface area contributed by atoms with Gasteiger partial charge < -0.3 is 14.9 Å². The molecule has 18 heavy (non-hydrogen) atoms. The number of nitrogens with zero attached hydrogens (tertiary/aromatic N) is 1. The molecular weight excluding hydrogens is 252 g/mol. The summed E-state index contributed by atoms with van der Waals surface area (Å²) >= 11 is 1.21. The summed E-state index contributed by atoms with van der Waals surface area (Å²) in [5, 5.41) is 0.441. The molecule has 0 amide bonds. The third kappa shape index (κ3) is 3.16. The number of fused-ring (bicyclic) bond motifs is 1. The first kappa shape index (κ1) is 12.8. The lowest BCUT2D eigenvalue weighted by molar-refractivity contribution is -0.144. The molecule has 1 aromatic heterocycles. The van der Waals surface area contributed by atoms with Crippen molar-refractivity contribution in [2.75, 3.05) is 11.5 Å². The first-order valence-corrected chi connectivity index (χ1v) is 6.51. The van der Waals surface area contributed by atoms with Gasteiger partial charge in [-0.25, -0.2) is 4.98 Å². The van der Waals surface area contributed by atoms with Gasteiger partial charge in [-0.15, -0.1) is 0 Å². The highest BCUT2D eigenvalue weighted by atomic mass is 32.2. The highest BCUT2D eigenvalue weighted by Gasteiger charge is 2.11. The summed E-state index contributed by atoms with van der Waals surface area (Å²) in [4.78, 5) is 15.6. The van der Waals surface area contributed by atoms with Crippen LogP contribution in [-0.4, -0.2) is 22.8 Å². The van der Waals surface area contributed by atoms with E-state index in [1.807, 2.05) is 13.8 Å². The molecule has 0 spiro atoms. The van der Waals surface area contributed by atoms with E-state index in [0.29, 0.717) is 22.0 Å². The number of anilines is 1. The summed E-state index contributed by atoms with van der Waals surface area (Å²) in [5.41, 5.74) is 7.62. The largest absolute Gasteiger partial charge is 0.462 e. The number of oxazole rings is 1. The van der Waals surface area contributed by atoms with E-state index in [1.165, 1.54) is 11.8 Å². The standard InChI is InChI=1S/C12H14N2O3S/c1-7(2)16-11(15)6-18-12-14-9-5-8(13)3-4-10(9)17-12/h3-5,7H,6,13H2,1-2H3. The SMILES string of the molecule is CC(C)OC(=O)CSc1nc2cc(N)ccc2o1. The van der Waals surface area contributed by atoms with Crippen LogP contribution >= 0.6 is 11.8 Å². The zero-order valence-corrected chi connectivity index (χ0v) is 11.0. The molecule has 0 fully saturated rings. The number of ether oxygens (including phenoxy) is 1. The summed E-state index contributed by atoms with van der Waals surface area (Å²) in [7, 11) is 0. The Labute approximate surface area is 109 Å². The van der Waals surface area contributed by atoms with E-state index in [9.17, 15) is 4.79 Å². The number of esters is 1. The molecule has 1 heterocycles. The van der Waals surface area contributed by atoms with E-state index in [4.69, 9.17) is 14.9 Å². The van der Waals surface area contributed by atoms with Gasteiger partial charge in [-0.05, 0) is 32.0 Å². The molecule has 96 valence electrons. The molecule has 0 radical (unpaired) electrons. The molecule has 2 N–H and O–H groups in total. The van der Waals surface area contributed by atoms with Gasteiger partial charge in [-0.1, -0.05) is 11.8 Å². The minimum absolute atomic E-state index is 0.110. The van der Waals surface area contributed by atoms with Crippen molar-refractivity contribution in [1.82, 2.24) is 4.98 Å². The van der Waals surface area contributed by atoms with Crippen molar-refractivity contribution in [3.63, 3.8) is 0 Å². The van der Waals surface area contributed by atoms with Crippen LogP contribution in [0.2, 0.25) is 0 Å². The quantitative estimate of drug-likeness (QED) is 0.520. The van der Waals surface area contributed by atoms with Gasteiger partial charge in [0, 0.05) is 5.69 Å². The minimum Gasteiger partial charge on any atom is -0.462 e. The lowest BCUT2D eigenvalue weighted by Gasteiger charge is -2.05. The van der Waals surface area contributed by atoms with Crippen LogP contribution in [0.3, 0.4) is 0 Å². The Bertz CT molecular complexity index is 565. The van der Waals surface area contributed by atoms with Gasteiger partial charge in [0.05, 0.1) is 6.10 Å². The topological polar surface area (TPSA) is 78.3 Å². The second-order valence-corrected chi connectivity index (χ2v) is 4.96. The maximum absolute atomic E-state index is 11.4. The van der Waals surface area contributed by atoms with E-state index in [2.05, 4.69) is 4.98 Å². The fourth-order valence-electron chi connectivity index (χ4n) is 1.40. The summed E-state index contributed by atoms with van der Waals surface area (Å²) in [6.45, 7) is 3.62. The third-order valence-corrected chi connectivity index (χ3v) is 2.87. The third-order valence-electron chi connectivity index (χ3n) is 2.07. The number of carbonyl (C=O) groups is 1. The zero-order chi connectivity index (χ0) is 13.1. The fraction of sp³-hybridized carbons (Fsp3) is 0.333. The molecule has 0 saturated carbocycles. The minimum atomic E-state index is -0.281. The predicted molar refractivity (Wildman–Crippen MR) is 70.4 cm³/mol. The smallest absolute Gasteiger partial charge is 0.316 e. The van der Waals surface area contributed by atoms with Gasteiger partial charge in [0.2, 0.25) is 0 Å². The molecule has 0 saturated heterocycles. The first-order valence-electron chi connectivity index (χ1n) is 5.53. The summed E-state index contributed by atoms with van der Waals surface area (Å²) in [6.07, 6.45) is -0.110. The lowest BCUT2D eigenvalue weighted by Crippen LogP contribution is -2.13. The van der Waals surface area contributed by atoms with Crippen molar-refractivity contribution in [2.24, 2.45) is 0 Å². The fourth-order valence-corrected chi connectivity index (χ4v) is 2.02. The van der Waals surface area contributed by atoms with Crippen molar-refractivity contribution in [3.8, 4) is 0 Å². The molecule has 1 aromatic carbocycles. The van der Waals surface area contributed by atoms with Crippen LogP contribution < -0.4 is 5.73 Å². The van der Waals surface area contributed by atoms with Gasteiger partial charge in [0.15, 0.2) is 5.58 Å². The average molecular weight is 266 g/mol. The Morgan fingerprint density at radius 2 is 2.33 bits per heavy atom. The van der Waals surface area contributed by atoms with Gasteiger partial charge in [-0.2, -0.15) is 0 Å². The van der Waals surface area contributed by atoms with Crippen molar-refractivity contribution >= 4 is 34.5 Å². The Hall–Kier alpha value is -1.69. The van der Waals surface area contributed by atoms with E-state index in [-0.39, 0.29) is 17.8 Å². The van der Waals surface area contributed by atoms with E-state index >= 15 is 0 Å². The van der Waals surface area contributed by atoms with Crippen LogP contribution in [0, 0.1) is 0 Å². The molecule has 0 aliphatic rings. The number of carbonyl (C=O) groups excluding carboxylic acids is 1. The molecule has 5 nitrogen and oxygen atoms in total. The molecule has 2 aromatic rings. The van der Waals surface area contributed by atoms with Crippen molar-refractivity contribution in [3.05, 3.63) is 18.2 Å². The molecule has 2 rings (SSSR count). The van der Waals surface area contributed by atoms with Crippen LogP contribution in [0.4, 0.5) is 5.69 Å². The molecular formula is C12H14N2O3S. The molecule has 0 bridgehead atoms. The Kier molecular flexibility index (Phi) is 3.76. The Morgan fingerprint density at radius 1 is 1.56 bits per heavy atom. The Balaban J connectivity index is 2.02. The number of thioether (sulfide) groups is 1. The van der Waals surface area contributed by atoms with E-state index in [0.717, 1.165) is 0 Å². The second-order valence-electron chi connectivity index (χ2n) is 4.03. The maximum atomic E-state index is 11.4. The maximum Gasteiger partial charge on any atom is 0.316 e. The van der Waals surface area contributed by atoms with Crippen LogP contribution in [-0.2, 0) is 9.53 Å². The average Bonchev–Trinajstić information content (AvgIpc) is 2.67. The van der Waals surface area contributed by atoms with Gasteiger partial charge >= 0.3 is 5.97 Å². The van der Waals surface area contributed by atoms with Crippen molar-refractivity contribution in [2.45, 2.75) is 25.2 Å². The molecule has 6 heteroatoms. The number of nitrogens with two attached hydrogens (primary N) is 1. The van der Waals surface area contributed by atoms with E-state index < -0.39 is 0 Å². The summed E-state index contributed by atoms with van der Waals surface area (Å²) in [6, 6.07) is 5.23. The van der Waals surface area contributed by atoms with E-state index in [1.54, 1.807) is 18.2 Å². The first-order chi connectivity index (χ1) is 8.54. The van der Waals surface area contributed by atoms with Gasteiger partial charge in [-0.3, -0.25) is 4.79 Å². The van der Waals surface area contributed by atoms with Crippen molar-refractivity contribution in [1.29, 1.82) is 0 Å². The number of hydrogen-bond acceptors (Lipinski definition) is 6. The lowest BCUT2D eigenvalue weighted by atomic mass is 10.3. The van der Waals surface area contributed by atoms with Crippen LogP contribution in [0.1, 0.15) is 13.8 Å². The number of hydrogen-bond donors (Lipinski definition) is 1. The molecule has 0 aliphatic carbocycles. The second kappa shape index (κ2) is 5.30.